The number of nitro benzene ring substituents is 1. The molecule has 0 amide bonds. The number of nitrogens with zero attached hydrogens (tertiary/aromatic N) is 1. The summed E-state index contributed by atoms with van der Waals surface area (Å²) in [6.45, 7) is 0. The van der Waals surface area contributed by atoms with Crippen molar-refractivity contribution in [2.24, 2.45) is 5.73 Å². The van der Waals surface area contributed by atoms with E-state index in [-0.39, 0.29) is 0 Å². The van der Waals surface area contributed by atoms with Gasteiger partial charge in [0, 0.05) is 0 Å². The first kappa shape index (κ1) is 12.4. The summed E-state index contributed by atoms with van der Waals surface area (Å²) in [7, 11) is 0. The maximum absolute atomic E-state index is 12.6. The van der Waals surface area contributed by atoms with Crippen LogP contribution in [0.25, 0.3) is 0 Å². The first-order valence-electron chi connectivity index (χ1n) is 3.99. The molecule has 0 saturated carbocycles. The zero-order chi connectivity index (χ0) is 12.5. The van der Waals surface area contributed by atoms with Gasteiger partial charge < -0.3 is 5.73 Å². The molecule has 88 valence electrons. The second-order valence-electron chi connectivity index (χ2n) is 2.98. The highest BCUT2D eigenvalue weighted by molar-refractivity contribution is 5.43. The van der Waals surface area contributed by atoms with Crippen molar-refractivity contribution in [2.45, 2.75) is 12.2 Å². The van der Waals surface area contributed by atoms with Gasteiger partial charge in [-0.1, -0.05) is 0 Å². The molecule has 0 aliphatic rings. The van der Waals surface area contributed by atoms with Crippen molar-refractivity contribution >= 4 is 5.69 Å². The summed E-state index contributed by atoms with van der Waals surface area (Å²) in [6, 6.07) is -0.756. The Balaban J connectivity index is 3.28. The summed E-state index contributed by atoms with van der Waals surface area (Å²) in [4.78, 5) is 9.31. The number of nitrogens with two attached hydrogens (primary N) is 1. The lowest BCUT2D eigenvalue weighted by molar-refractivity contribution is -0.386. The van der Waals surface area contributed by atoms with Crippen molar-refractivity contribution in [3.8, 4) is 0 Å². The van der Waals surface area contributed by atoms with Crippen LogP contribution in [-0.4, -0.2) is 11.1 Å². The first-order valence-corrected chi connectivity index (χ1v) is 3.99. The minimum atomic E-state index is -4.82. The fourth-order valence-corrected chi connectivity index (χ4v) is 1.11. The van der Waals surface area contributed by atoms with E-state index in [2.05, 4.69) is 0 Å². The van der Waals surface area contributed by atoms with E-state index in [0.29, 0.717) is 18.2 Å². The Kier molecular flexibility index (Phi) is 3.13. The van der Waals surface area contributed by atoms with E-state index in [4.69, 9.17) is 5.73 Å². The topological polar surface area (TPSA) is 69.2 Å². The molecule has 0 fully saturated rings. The third-order valence-electron chi connectivity index (χ3n) is 1.88. The highest BCUT2D eigenvalue weighted by Gasteiger charge is 2.41. The number of hydrogen-bond acceptors (Lipinski definition) is 3. The second kappa shape index (κ2) is 4.05. The Hall–Kier alpha value is -1.70. The number of alkyl halides is 3. The van der Waals surface area contributed by atoms with Gasteiger partial charge in [0.05, 0.1) is 16.6 Å². The predicted octanol–water partition coefficient (Wildman–Crippen LogP) is 2.30. The highest BCUT2D eigenvalue weighted by atomic mass is 19.4. The molecule has 1 aromatic carbocycles. The molecule has 4 nitrogen and oxygen atoms in total. The molecule has 0 aliphatic carbocycles. The van der Waals surface area contributed by atoms with Gasteiger partial charge in [-0.2, -0.15) is 13.2 Å². The molecular formula is C8H6F4N2O2. The minimum absolute atomic E-state index is 0.404. The number of hydrogen-bond donors (Lipinski definition) is 1. The summed E-state index contributed by atoms with van der Waals surface area (Å²) < 4.78 is 49.4. The van der Waals surface area contributed by atoms with Crippen molar-refractivity contribution in [2.75, 3.05) is 0 Å². The average Bonchev–Trinajstić information content (AvgIpc) is 2.15. The lowest BCUT2D eigenvalue weighted by Gasteiger charge is -2.15. The predicted molar refractivity (Wildman–Crippen MR) is 46.0 cm³/mol. The van der Waals surface area contributed by atoms with E-state index in [9.17, 15) is 27.7 Å². The largest absolute Gasteiger partial charge is 0.407 e. The Morgan fingerprint density at radius 3 is 2.38 bits per heavy atom. The maximum atomic E-state index is 12.6. The SMILES string of the molecule is N[C@H](c1ccc(F)cc1[N+](=O)[O-])C(F)(F)F. The van der Waals surface area contributed by atoms with Gasteiger partial charge in [0.1, 0.15) is 11.9 Å². The van der Waals surface area contributed by atoms with Crippen molar-refractivity contribution in [1.29, 1.82) is 0 Å². The number of benzene rings is 1. The van der Waals surface area contributed by atoms with E-state index >= 15 is 0 Å². The van der Waals surface area contributed by atoms with Crippen LogP contribution in [0.2, 0.25) is 0 Å². The summed E-state index contributed by atoms with van der Waals surface area (Å²) in [6.07, 6.45) is -4.82. The molecule has 0 saturated heterocycles. The Labute approximate surface area is 86.8 Å². The van der Waals surface area contributed by atoms with Crippen LogP contribution >= 0.6 is 0 Å². The van der Waals surface area contributed by atoms with Crippen LogP contribution in [0.3, 0.4) is 0 Å². The Bertz CT molecular complexity index is 419. The van der Waals surface area contributed by atoms with Gasteiger partial charge in [0.15, 0.2) is 0 Å². The van der Waals surface area contributed by atoms with Gasteiger partial charge >= 0.3 is 6.18 Å². The van der Waals surface area contributed by atoms with E-state index in [1.807, 2.05) is 0 Å². The number of rotatable bonds is 2. The second-order valence-corrected chi connectivity index (χ2v) is 2.98. The molecule has 0 heterocycles. The maximum Gasteiger partial charge on any atom is 0.407 e. The smallest absolute Gasteiger partial charge is 0.316 e. The molecule has 0 unspecified atom stereocenters. The van der Waals surface area contributed by atoms with Gasteiger partial charge in [-0.15, -0.1) is 0 Å². The van der Waals surface area contributed by atoms with E-state index < -0.39 is 34.2 Å². The molecule has 1 rings (SSSR count). The van der Waals surface area contributed by atoms with Crippen LogP contribution in [0.15, 0.2) is 18.2 Å². The van der Waals surface area contributed by atoms with Gasteiger partial charge in [-0.05, 0) is 12.1 Å². The monoisotopic (exact) mass is 238 g/mol. The summed E-state index contributed by atoms with van der Waals surface area (Å²) in [5.74, 6) is -0.996. The summed E-state index contributed by atoms with van der Waals surface area (Å²) in [5, 5.41) is 10.4. The van der Waals surface area contributed by atoms with Crippen LogP contribution in [0.4, 0.5) is 23.2 Å². The van der Waals surface area contributed by atoms with Crippen LogP contribution in [0.1, 0.15) is 11.6 Å². The Morgan fingerprint density at radius 2 is 1.94 bits per heavy atom. The fraction of sp³-hybridized carbons (Fsp3) is 0.250. The summed E-state index contributed by atoms with van der Waals surface area (Å²) >= 11 is 0. The quantitative estimate of drug-likeness (QED) is 0.488. The van der Waals surface area contributed by atoms with E-state index in [1.165, 1.54) is 0 Å². The third kappa shape index (κ3) is 2.45. The zero-order valence-electron chi connectivity index (χ0n) is 7.66. The van der Waals surface area contributed by atoms with Crippen LogP contribution in [-0.2, 0) is 0 Å². The molecule has 16 heavy (non-hydrogen) atoms. The molecule has 8 heteroatoms. The van der Waals surface area contributed by atoms with Gasteiger partial charge in [0.25, 0.3) is 5.69 Å². The molecule has 1 atom stereocenters. The number of halogens is 4. The lowest BCUT2D eigenvalue weighted by Crippen LogP contribution is -2.29. The normalized spacial score (nSPS) is 13.6. The van der Waals surface area contributed by atoms with E-state index in [0.717, 1.165) is 0 Å². The average molecular weight is 238 g/mol. The van der Waals surface area contributed by atoms with Crippen molar-refractivity contribution < 1.29 is 22.5 Å². The van der Waals surface area contributed by atoms with Crippen LogP contribution in [0, 0.1) is 15.9 Å². The fourth-order valence-electron chi connectivity index (χ4n) is 1.11. The first-order chi connectivity index (χ1) is 7.23. The highest BCUT2D eigenvalue weighted by Crippen LogP contribution is 2.35. The van der Waals surface area contributed by atoms with E-state index in [1.54, 1.807) is 0 Å². The molecule has 0 aliphatic heterocycles. The molecular weight excluding hydrogens is 232 g/mol. The van der Waals surface area contributed by atoms with Crippen LogP contribution < -0.4 is 5.73 Å². The molecule has 0 aromatic heterocycles. The van der Waals surface area contributed by atoms with Gasteiger partial charge in [-0.25, -0.2) is 4.39 Å². The lowest BCUT2D eigenvalue weighted by atomic mass is 10.1. The van der Waals surface area contributed by atoms with Crippen molar-refractivity contribution in [3.05, 3.63) is 39.7 Å². The standard InChI is InChI=1S/C8H6F4N2O2/c9-4-1-2-5(6(3-4)14(15)16)7(13)8(10,11)12/h1-3,7H,13H2/t7-/m1/s1. The zero-order valence-corrected chi connectivity index (χ0v) is 7.66. The van der Waals surface area contributed by atoms with Gasteiger partial charge in [0.2, 0.25) is 0 Å². The minimum Gasteiger partial charge on any atom is -0.316 e. The van der Waals surface area contributed by atoms with Crippen molar-refractivity contribution in [1.82, 2.24) is 0 Å². The van der Waals surface area contributed by atoms with Gasteiger partial charge in [-0.3, -0.25) is 10.1 Å². The van der Waals surface area contributed by atoms with Crippen molar-refractivity contribution in [3.63, 3.8) is 0 Å². The van der Waals surface area contributed by atoms with Crippen LogP contribution in [0.5, 0.6) is 0 Å². The number of nitro groups is 1. The molecule has 1 aromatic rings. The molecule has 0 radical (unpaired) electrons. The molecule has 0 bridgehead atoms. The third-order valence-corrected chi connectivity index (χ3v) is 1.88. The molecule has 0 spiro atoms. The summed E-state index contributed by atoms with van der Waals surface area (Å²) in [5.41, 5.74) is 3.06. The Morgan fingerprint density at radius 1 is 1.38 bits per heavy atom. The molecule has 2 N–H and O–H groups in total.